The van der Waals surface area contributed by atoms with Crippen LogP contribution in [-0.2, 0) is 6.18 Å². The van der Waals surface area contributed by atoms with Crippen molar-refractivity contribution in [2.75, 3.05) is 0 Å². The number of carbonyl (C=O) groups is 1. The third-order valence-electron chi connectivity index (χ3n) is 2.00. The number of pyridine rings is 1. The minimum absolute atomic E-state index is 0.324. The van der Waals surface area contributed by atoms with Crippen molar-refractivity contribution in [2.45, 2.75) is 6.18 Å². The Morgan fingerprint density at radius 3 is 2.61 bits per heavy atom. The molecule has 0 N–H and O–H groups in total. The summed E-state index contributed by atoms with van der Waals surface area (Å²) in [5.41, 5.74) is -1.35. The van der Waals surface area contributed by atoms with E-state index in [1.807, 2.05) is 0 Å². The van der Waals surface area contributed by atoms with Gasteiger partial charge in [0.15, 0.2) is 0 Å². The molecule has 0 unspecified atom stereocenters. The number of hydrogen-bond acceptors (Lipinski definition) is 4. The number of carbonyl (C=O) groups excluding carboxylic acids is 1. The zero-order chi connectivity index (χ0) is 13.3. The second kappa shape index (κ2) is 4.37. The van der Waals surface area contributed by atoms with Crippen LogP contribution >= 0.6 is 11.6 Å². The van der Waals surface area contributed by atoms with E-state index in [2.05, 4.69) is 15.1 Å². The number of hydrogen-bond donors (Lipinski definition) is 0. The fraction of sp³-hybridized carbons (Fsp3) is 0.111. The molecule has 2 heterocycles. The van der Waals surface area contributed by atoms with E-state index in [9.17, 15) is 18.0 Å². The molecule has 0 fully saturated rings. The van der Waals surface area contributed by atoms with Crippen molar-refractivity contribution < 1.29 is 18.0 Å². The maximum absolute atomic E-state index is 12.4. The Balaban J connectivity index is 2.40. The molecule has 0 aliphatic rings. The van der Waals surface area contributed by atoms with Gasteiger partial charge in [0.1, 0.15) is 18.3 Å². The van der Waals surface area contributed by atoms with Gasteiger partial charge in [-0.2, -0.15) is 23.0 Å². The molecule has 0 aliphatic carbocycles. The fourth-order valence-electron chi connectivity index (χ4n) is 1.17. The lowest BCUT2D eigenvalue weighted by Crippen LogP contribution is -2.16. The number of halogens is 4. The number of rotatable bonds is 1. The molecule has 0 spiro atoms. The van der Waals surface area contributed by atoms with Gasteiger partial charge in [0.2, 0.25) is 0 Å². The largest absolute Gasteiger partial charge is 0.417 e. The molecule has 0 atom stereocenters. The summed E-state index contributed by atoms with van der Waals surface area (Å²) in [7, 11) is 0. The fourth-order valence-corrected chi connectivity index (χ4v) is 1.42. The minimum atomic E-state index is -4.56. The van der Waals surface area contributed by atoms with E-state index in [-0.39, 0.29) is 5.69 Å². The topological polar surface area (TPSA) is 60.7 Å². The van der Waals surface area contributed by atoms with Gasteiger partial charge in [-0.1, -0.05) is 11.6 Å². The molecule has 94 valence electrons. The van der Waals surface area contributed by atoms with Crippen LogP contribution in [0.5, 0.6) is 0 Å². The van der Waals surface area contributed by atoms with Crippen molar-refractivity contribution in [3.8, 4) is 0 Å². The van der Waals surface area contributed by atoms with Gasteiger partial charge in [0.05, 0.1) is 10.6 Å². The standard InChI is InChI=1S/C9H4ClF3N4O/c10-6-1-5(9(11,12)13)2-15-7(6)8(18)17-4-14-3-16-17/h1-4H. The first-order valence-electron chi connectivity index (χ1n) is 4.51. The van der Waals surface area contributed by atoms with Crippen LogP contribution in [0.2, 0.25) is 5.02 Å². The van der Waals surface area contributed by atoms with Crippen LogP contribution in [0, 0.1) is 0 Å². The maximum Gasteiger partial charge on any atom is 0.417 e. The van der Waals surface area contributed by atoms with Crippen molar-refractivity contribution in [3.63, 3.8) is 0 Å². The van der Waals surface area contributed by atoms with Gasteiger partial charge < -0.3 is 0 Å². The summed E-state index contributed by atoms with van der Waals surface area (Å²) in [4.78, 5) is 18.7. The lowest BCUT2D eigenvalue weighted by molar-refractivity contribution is -0.137. The highest BCUT2D eigenvalue weighted by atomic mass is 35.5. The summed E-state index contributed by atoms with van der Waals surface area (Å²) in [6.45, 7) is 0. The maximum atomic E-state index is 12.4. The third-order valence-corrected chi connectivity index (χ3v) is 2.29. The molecule has 0 saturated carbocycles. The number of aromatic nitrogens is 4. The lowest BCUT2D eigenvalue weighted by Gasteiger charge is -2.08. The van der Waals surface area contributed by atoms with Gasteiger partial charge in [-0.3, -0.25) is 4.79 Å². The van der Waals surface area contributed by atoms with Gasteiger partial charge in [-0.25, -0.2) is 9.97 Å². The Bertz CT molecular complexity index is 582. The zero-order valence-electron chi connectivity index (χ0n) is 8.52. The average molecular weight is 277 g/mol. The summed E-state index contributed by atoms with van der Waals surface area (Å²) >= 11 is 5.60. The lowest BCUT2D eigenvalue weighted by atomic mass is 10.2. The molecule has 2 rings (SSSR count). The van der Waals surface area contributed by atoms with E-state index in [1.54, 1.807) is 0 Å². The Labute approximate surface area is 103 Å². The Hall–Kier alpha value is -1.96. The molecule has 0 bridgehead atoms. The highest BCUT2D eigenvalue weighted by Gasteiger charge is 2.32. The van der Waals surface area contributed by atoms with E-state index >= 15 is 0 Å². The summed E-state index contributed by atoms with van der Waals surface area (Å²) < 4.78 is 37.9. The normalized spacial score (nSPS) is 11.6. The third kappa shape index (κ3) is 2.33. The van der Waals surface area contributed by atoms with E-state index in [0.29, 0.717) is 12.3 Å². The molecule has 0 aromatic carbocycles. The molecular weight excluding hydrogens is 273 g/mol. The zero-order valence-corrected chi connectivity index (χ0v) is 9.27. The molecule has 2 aromatic rings. The van der Waals surface area contributed by atoms with Crippen LogP contribution in [0.4, 0.5) is 13.2 Å². The van der Waals surface area contributed by atoms with E-state index in [0.717, 1.165) is 17.3 Å². The second-order valence-electron chi connectivity index (χ2n) is 3.20. The van der Waals surface area contributed by atoms with Crippen LogP contribution in [0.15, 0.2) is 24.9 Å². The average Bonchev–Trinajstić information content (AvgIpc) is 2.80. The first-order chi connectivity index (χ1) is 8.39. The monoisotopic (exact) mass is 276 g/mol. The molecule has 2 aromatic heterocycles. The molecule has 0 radical (unpaired) electrons. The van der Waals surface area contributed by atoms with Crippen molar-refractivity contribution in [3.05, 3.63) is 41.2 Å². The van der Waals surface area contributed by atoms with E-state index < -0.39 is 22.7 Å². The van der Waals surface area contributed by atoms with Crippen LogP contribution in [0.3, 0.4) is 0 Å². The van der Waals surface area contributed by atoms with Gasteiger partial charge in [-0.15, -0.1) is 0 Å². The quantitative estimate of drug-likeness (QED) is 0.799. The van der Waals surface area contributed by atoms with Crippen molar-refractivity contribution in [2.24, 2.45) is 0 Å². The highest BCUT2D eigenvalue weighted by molar-refractivity contribution is 6.33. The van der Waals surface area contributed by atoms with Gasteiger partial charge in [0, 0.05) is 6.20 Å². The van der Waals surface area contributed by atoms with Crippen molar-refractivity contribution >= 4 is 17.5 Å². The molecular formula is C9H4ClF3N4O. The smallest absolute Gasteiger partial charge is 0.265 e. The summed E-state index contributed by atoms with van der Waals surface area (Å²) in [6, 6.07) is 0.638. The summed E-state index contributed by atoms with van der Waals surface area (Å²) in [6.07, 6.45) is -1.82. The summed E-state index contributed by atoms with van der Waals surface area (Å²) in [5.74, 6) is -0.758. The van der Waals surface area contributed by atoms with Crippen LogP contribution in [0.25, 0.3) is 0 Å². The predicted molar refractivity (Wildman–Crippen MR) is 54.0 cm³/mol. The molecule has 0 amide bonds. The van der Waals surface area contributed by atoms with E-state index in [1.165, 1.54) is 0 Å². The molecule has 5 nitrogen and oxygen atoms in total. The minimum Gasteiger partial charge on any atom is -0.265 e. The second-order valence-corrected chi connectivity index (χ2v) is 3.60. The van der Waals surface area contributed by atoms with Crippen LogP contribution in [0.1, 0.15) is 16.1 Å². The summed E-state index contributed by atoms with van der Waals surface area (Å²) in [5, 5.41) is 3.14. The van der Waals surface area contributed by atoms with Gasteiger partial charge >= 0.3 is 6.18 Å². The SMILES string of the molecule is O=C(c1ncc(C(F)(F)F)cc1Cl)n1cncn1. The Kier molecular flexibility index (Phi) is 3.04. The number of nitrogens with zero attached hydrogens (tertiary/aromatic N) is 4. The van der Waals surface area contributed by atoms with Crippen molar-refractivity contribution in [1.29, 1.82) is 0 Å². The molecule has 0 saturated heterocycles. The molecule has 18 heavy (non-hydrogen) atoms. The Morgan fingerprint density at radius 1 is 1.39 bits per heavy atom. The highest BCUT2D eigenvalue weighted by Crippen LogP contribution is 2.31. The predicted octanol–water partition coefficient (Wildman–Crippen LogP) is 2.03. The van der Waals surface area contributed by atoms with Crippen molar-refractivity contribution in [1.82, 2.24) is 19.7 Å². The Morgan fingerprint density at radius 2 is 2.11 bits per heavy atom. The van der Waals surface area contributed by atoms with Gasteiger partial charge in [0.25, 0.3) is 5.91 Å². The van der Waals surface area contributed by atoms with Gasteiger partial charge in [-0.05, 0) is 6.07 Å². The number of alkyl halides is 3. The van der Waals surface area contributed by atoms with Crippen LogP contribution < -0.4 is 0 Å². The van der Waals surface area contributed by atoms with E-state index in [4.69, 9.17) is 11.6 Å². The first-order valence-corrected chi connectivity index (χ1v) is 4.89. The van der Waals surface area contributed by atoms with Crippen LogP contribution in [-0.4, -0.2) is 25.7 Å². The first kappa shape index (κ1) is 12.5. The molecule has 9 heteroatoms. The molecule has 0 aliphatic heterocycles.